The normalized spacial score (nSPS) is 13.1. The number of amides is 1. The van der Waals surface area contributed by atoms with Gasteiger partial charge in [0.1, 0.15) is 0 Å². The Bertz CT molecular complexity index is 1530. The molecule has 2 N–H and O–H groups in total. The molecule has 2 aromatic carbocycles. The fourth-order valence-electron chi connectivity index (χ4n) is 4.73. The third-order valence-corrected chi connectivity index (χ3v) is 6.75. The van der Waals surface area contributed by atoms with Crippen molar-refractivity contribution < 1.29 is 18.4 Å². The molecular formula is C30H33F2N7O2. The highest BCUT2D eigenvalue weighted by Gasteiger charge is 2.26. The summed E-state index contributed by atoms with van der Waals surface area (Å²) in [5.74, 6) is -0.134. The topological polar surface area (TPSA) is 87.5 Å². The zero-order chi connectivity index (χ0) is 28.9. The van der Waals surface area contributed by atoms with Crippen LogP contribution in [-0.4, -0.2) is 59.1 Å². The molecule has 1 saturated carbocycles. The van der Waals surface area contributed by atoms with Crippen LogP contribution in [0.4, 0.5) is 31.8 Å². The fraction of sp³-hybridized carbons (Fsp3) is 0.300. The number of nitrogens with one attached hydrogen (secondary N) is 2. The maximum atomic E-state index is 13.5. The summed E-state index contributed by atoms with van der Waals surface area (Å²) < 4.78 is 29.2. The molecular weight excluding hydrogens is 528 g/mol. The number of anilines is 4. The molecule has 0 spiro atoms. The average molecular weight is 562 g/mol. The summed E-state index contributed by atoms with van der Waals surface area (Å²) in [5.41, 5.74) is 4.03. The van der Waals surface area contributed by atoms with Crippen molar-refractivity contribution >= 4 is 39.8 Å². The summed E-state index contributed by atoms with van der Waals surface area (Å²) in [7, 11) is 3.82. The number of rotatable bonds is 13. The highest BCUT2D eigenvalue weighted by atomic mass is 19.3. The number of fused-ring (bicyclic) bond motifs is 1. The van der Waals surface area contributed by atoms with Gasteiger partial charge in [-0.25, -0.2) is 19.9 Å². The van der Waals surface area contributed by atoms with E-state index >= 15 is 0 Å². The van der Waals surface area contributed by atoms with Crippen LogP contribution in [0.15, 0.2) is 73.6 Å². The number of alkyl halides is 2. The number of hydroxylamine groups is 1. The van der Waals surface area contributed by atoms with Gasteiger partial charge in [0.25, 0.3) is 0 Å². The molecule has 11 heteroatoms. The third kappa shape index (κ3) is 6.87. The molecule has 0 unspecified atom stereocenters. The van der Waals surface area contributed by atoms with Crippen LogP contribution in [0.2, 0.25) is 0 Å². The first-order valence-corrected chi connectivity index (χ1v) is 13.5. The molecule has 2 heterocycles. The number of hydrogen-bond donors (Lipinski definition) is 2. The number of hydrogen-bond acceptors (Lipinski definition) is 7. The van der Waals surface area contributed by atoms with E-state index in [0.717, 1.165) is 46.1 Å². The summed E-state index contributed by atoms with van der Waals surface area (Å²) in [4.78, 5) is 28.0. The summed E-state index contributed by atoms with van der Waals surface area (Å²) in [6.07, 6.45) is 7.82. The SMILES string of the molecule is C=CC(=O)Nc1ccc(N(CCCN(C)C)OC(F)F)c(Nc2nccc(-c3cn(C4CC4)c4ccccc34)n2)c1. The number of aromatic nitrogens is 3. The molecule has 4 aromatic rings. The van der Waals surface area contributed by atoms with Crippen LogP contribution in [0.5, 0.6) is 0 Å². The first kappa shape index (κ1) is 28.2. The van der Waals surface area contributed by atoms with E-state index in [2.05, 4.69) is 45.1 Å². The van der Waals surface area contributed by atoms with E-state index in [1.165, 1.54) is 0 Å². The van der Waals surface area contributed by atoms with Crippen LogP contribution < -0.4 is 15.7 Å². The Morgan fingerprint density at radius 3 is 2.73 bits per heavy atom. The van der Waals surface area contributed by atoms with Gasteiger partial charge in [0.2, 0.25) is 11.9 Å². The Balaban J connectivity index is 1.50. The molecule has 5 rings (SSSR count). The molecule has 0 bridgehead atoms. The van der Waals surface area contributed by atoms with Crippen molar-refractivity contribution in [1.82, 2.24) is 19.4 Å². The summed E-state index contributed by atoms with van der Waals surface area (Å²) >= 11 is 0. The van der Waals surface area contributed by atoms with Crippen molar-refractivity contribution in [3.63, 3.8) is 0 Å². The van der Waals surface area contributed by atoms with Gasteiger partial charge in [-0.2, -0.15) is 8.78 Å². The smallest absolute Gasteiger partial charge is 0.344 e. The van der Waals surface area contributed by atoms with Crippen molar-refractivity contribution in [3.8, 4) is 11.3 Å². The highest BCUT2D eigenvalue weighted by molar-refractivity contribution is 5.99. The lowest BCUT2D eigenvalue weighted by atomic mass is 10.1. The van der Waals surface area contributed by atoms with Gasteiger partial charge < -0.3 is 20.1 Å². The van der Waals surface area contributed by atoms with Crippen LogP contribution >= 0.6 is 0 Å². The predicted octanol–water partition coefficient (Wildman–Crippen LogP) is 6.21. The number of halogens is 2. The Labute approximate surface area is 237 Å². The second-order valence-corrected chi connectivity index (χ2v) is 10.1. The quantitative estimate of drug-likeness (QED) is 0.148. The Morgan fingerprint density at radius 1 is 1.20 bits per heavy atom. The number of carbonyl (C=O) groups is 1. The molecule has 0 aliphatic heterocycles. The van der Waals surface area contributed by atoms with E-state index in [1.54, 1.807) is 24.4 Å². The molecule has 214 valence electrons. The minimum absolute atomic E-state index is 0.205. The van der Waals surface area contributed by atoms with Crippen molar-refractivity contribution in [3.05, 3.63) is 73.6 Å². The van der Waals surface area contributed by atoms with Gasteiger partial charge in [0.15, 0.2) is 0 Å². The lowest BCUT2D eigenvalue weighted by molar-refractivity contribution is -0.139. The van der Waals surface area contributed by atoms with Crippen molar-refractivity contribution in [2.24, 2.45) is 0 Å². The monoisotopic (exact) mass is 561 g/mol. The molecule has 2 aromatic heterocycles. The van der Waals surface area contributed by atoms with E-state index in [9.17, 15) is 13.6 Å². The van der Waals surface area contributed by atoms with Gasteiger partial charge in [-0.05, 0) is 76.3 Å². The van der Waals surface area contributed by atoms with Gasteiger partial charge in [0.05, 0.1) is 17.1 Å². The van der Waals surface area contributed by atoms with Gasteiger partial charge in [0, 0.05) is 47.1 Å². The fourth-order valence-corrected chi connectivity index (χ4v) is 4.73. The number of nitrogens with zero attached hydrogens (tertiary/aromatic N) is 5. The molecule has 0 saturated heterocycles. The van der Waals surface area contributed by atoms with Gasteiger partial charge >= 0.3 is 6.61 Å². The summed E-state index contributed by atoms with van der Waals surface area (Å²) in [6, 6.07) is 15.4. The lowest BCUT2D eigenvalue weighted by Gasteiger charge is -2.26. The molecule has 9 nitrogen and oxygen atoms in total. The first-order valence-electron chi connectivity index (χ1n) is 13.5. The minimum Gasteiger partial charge on any atom is -0.344 e. The second kappa shape index (κ2) is 12.4. The van der Waals surface area contributed by atoms with Gasteiger partial charge in [-0.3, -0.25) is 4.79 Å². The van der Waals surface area contributed by atoms with Gasteiger partial charge in [-0.15, -0.1) is 0 Å². The first-order chi connectivity index (χ1) is 19.8. The van der Waals surface area contributed by atoms with Gasteiger partial charge in [-0.1, -0.05) is 24.8 Å². The Kier molecular flexibility index (Phi) is 8.55. The number of para-hydroxylation sites is 1. The van der Waals surface area contributed by atoms with E-state index in [0.29, 0.717) is 36.1 Å². The van der Waals surface area contributed by atoms with Crippen LogP contribution in [-0.2, 0) is 9.63 Å². The standard InChI is InChI=1S/C30H33F2N7O2/c1-4-28(40)34-20-10-13-27(39(41-29(31)32)17-7-16-37(2)3)25(18-20)36-30-33-15-14-24(35-30)23-19-38(21-11-12-21)26-9-6-5-8-22(23)26/h4-6,8-10,13-15,18-19,21,29H,1,7,11-12,16-17H2,2-3H3,(H,34,40)(H,33,35,36). The Hall–Kier alpha value is -4.35. The summed E-state index contributed by atoms with van der Waals surface area (Å²) in [5, 5.41) is 8.13. The molecule has 1 aliphatic rings. The highest BCUT2D eigenvalue weighted by Crippen LogP contribution is 2.41. The second-order valence-electron chi connectivity index (χ2n) is 10.1. The van der Waals surface area contributed by atoms with E-state index in [-0.39, 0.29) is 12.5 Å². The largest absolute Gasteiger partial charge is 0.364 e. The molecule has 1 fully saturated rings. The molecule has 41 heavy (non-hydrogen) atoms. The number of carbonyl (C=O) groups excluding carboxylic acids is 1. The molecule has 1 aliphatic carbocycles. The van der Waals surface area contributed by atoms with Crippen molar-refractivity contribution in [1.29, 1.82) is 0 Å². The maximum absolute atomic E-state index is 13.5. The number of benzene rings is 2. The average Bonchev–Trinajstić information content (AvgIpc) is 3.72. The van der Waals surface area contributed by atoms with Crippen LogP contribution in [0.25, 0.3) is 22.2 Å². The molecule has 1 amide bonds. The lowest BCUT2D eigenvalue weighted by Crippen LogP contribution is -2.30. The third-order valence-electron chi connectivity index (χ3n) is 6.75. The molecule has 0 radical (unpaired) electrons. The van der Waals surface area contributed by atoms with Crippen LogP contribution in [0.1, 0.15) is 25.3 Å². The van der Waals surface area contributed by atoms with E-state index < -0.39 is 12.5 Å². The minimum atomic E-state index is -3.02. The molecule has 0 atom stereocenters. The predicted molar refractivity (Wildman–Crippen MR) is 157 cm³/mol. The van der Waals surface area contributed by atoms with Crippen LogP contribution in [0, 0.1) is 0 Å². The Morgan fingerprint density at radius 2 is 2.00 bits per heavy atom. The van der Waals surface area contributed by atoms with E-state index in [1.807, 2.05) is 37.2 Å². The zero-order valence-electron chi connectivity index (χ0n) is 23.1. The van der Waals surface area contributed by atoms with Crippen LogP contribution in [0.3, 0.4) is 0 Å². The summed E-state index contributed by atoms with van der Waals surface area (Å²) in [6.45, 7) is 1.35. The van der Waals surface area contributed by atoms with Crippen molar-refractivity contribution in [2.75, 3.05) is 42.9 Å². The zero-order valence-corrected chi connectivity index (χ0v) is 23.1. The van der Waals surface area contributed by atoms with E-state index in [4.69, 9.17) is 9.82 Å². The maximum Gasteiger partial charge on any atom is 0.364 e. The van der Waals surface area contributed by atoms with Crippen molar-refractivity contribution in [2.45, 2.75) is 31.9 Å².